The third-order valence-electron chi connectivity index (χ3n) is 2.99. The molecule has 4 heteroatoms. The van der Waals surface area contributed by atoms with Gasteiger partial charge in [-0.1, -0.05) is 60.7 Å². The molecule has 2 aromatic rings. The summed E-state index contributed by atoms with van der Waals surface area (Å²) < 4.78 is 7.93. The van der Waals surface area contributed by atoms with Crippen LogP contribution in [0.25, 0.3) is 0 Å². The molecule has 2 N–H and O–H groups in total. The monoisotopic (exact) mass is 284 g/mol. The van der Waals surface area contributed by atoms with Gasteiger partial charge in [-0.25, -0.2) is 4.79 Å². The molecule has 2 rings (SSSR count). The van der Waals surface area contributed by atoms with E-state index in [1.54, 1.807) is 42.5 Å². The van der Waals surface area contributed by atoms with Gasteiger partial charge in [0.15, 0.2) is 0 Å². The van der Waals surface area contributed by atoms with Crippen LogP contribution in [0.3, 0.4) is 0 Å². The second-order valence-corrected chi connectivity index (χ2v) is 4.64. The summed E-state index contributed by atoms with van der Waals surface area (Å²) in [6.45, 7) is 0. The van der Waals surface area contributed by atoms with E-state index < -0.39 is 24.3 Å². The number of aliphatic carboxylic acids is 1. The van der Waals surface area contributed by atoms with Crippen LogP contribution in [0.1, 0.15) is 12.5 Å². The molecule has 1 amide bonds. The number of benzene rings is 2. The van der Waals surface area contributed by atoms with Crippen LogP contribution in [-0.4, -0.2) is 23.0 Å². The van der Waals surface area contributed by atoms with Crippen molar-refractivity contribution in [3.8, 4) is 0 Å². The molecule has 0 spiro atoms. The molecule has 108 valence electrons. The highest BCUT2D eigenvalue weighted by atomic mass is 16.4. The molecule has 0 aromatic heterocycles. The van der Waals surface area contributed by atoms with Gasteiger partial charge in [0.2, 0.25) is 5.91 Å². The first-order chi connectivity index (χ1) is 10.6. The number of rotatable bonds is 6. The second kappa shape index (κ2) is 7.24. The van der Waals surface area contributed by atoms with E-state index in [0.29, 0.717) is 5.56 Å². The van der Waals surface area contributed by atoms with E-state index in [4.69, 9.17) is 1.37 Å². The normalized spacial score (nSPS) is 13.8. The first-order valence-corrected chi connectivity index (χ1v) is 6.62. The molecule has 0 bridgehead atoms. The summed E-state index contributed by atoms with van der Waals surface area (Å²) in [5.41, 5.74) is 1.35. The van der Waals surface area contributed by atoms with Crippen LogP contribution in [0, 0.1) is 0 Å². The Balaban J connectivity index is 2.04. The molecule has 0 fully saturated rings. The zero-order valence-electron chi connectivity index (χ0n) is 12.4. The van der Waals surface area contributed by atoms with Crippen molar-refractivity contribution in [3.05, 3.63) is 71.8 Å². The van der Waals surface area contributed by atoms with Crippen LogP contribution < -0.4 is 5.32 Å². The molecule has 0 saturated carbocycles. The molecule has 0 aliphatic rings. The van der Waals surface area contributed by atoms with Gasteiger partial charge in [0.25, 0.3) is 0 Å². The zero-order valence-corrected chi connectivity index (χ0v) is 11.4. The summed E-state index contributed by atoms with van der Waals surface area (Å²) in [5, 5.41) is 11.7. The van der Waals surface area contributed by atoms with Crippen molar-refractivity contribution >= 4 is 11.9 Å². The van der Waals surface area contributed by atoms with Crippen molar-refractivity contribution in [1.82, 2.24) is 5.32 Å². The molecule has 0 saturated heterocycles. The zero-order chi connectivity index (χ0) is 15.9. The Labute approximate surface area is 124 Å². The minimum atomic E-state index is -1.14. The quantitative estimate of drug-likeness (QED) is 0.853. The van der Waals surface area contributed by atoms with Gasteiger partial charge >= 0.3 is 5.97 Å². The number of carbonyl (C=O) groups excluding carboxylic acids is 1. The number of hydrogen-bond donors (Lipinski definition) is 2. The smallest absolute Gasteiger partial charge is 0.326 e. The maximum Gasteiger partial charge on any atom is 0.326 e. The van der Waals surface area contributed by atoms with E-state index in [0.717, 1.165) is 5.56 Å². The molecule has 0 heterocycles. The summed E-state index contributed by atoms with van der Waals surface area (Å²) in [4.78, 5) is 23.4. The van der Waals surface area contributed by atoms with E-state index in [2.05, 4.69) is 5.32 Å². The lowest BCUT2D eigenvalue weighted by Crippen LogP contribution is -2.43. The molecule has 0 radical (unpaired) electrons. The number of nitrogens with one attached hydrogen (secondary N) is 1. The number of carboxylic acid groups (broad SMARTS) is 1. The number of hydrogen-bond acceptors (Lipinski definition) is 2. The fourth-order valence-corrected chi connectivity index (χ4v) is 1.96. The molecule has 1 unspecified atom stereocenters. The van der Waals surface area contributed by atoms with Crippen LogP contribution in [-0.2, 0) is 22.4 Å². The van der Waals surface area contributed by atoms with Gasteiger partial charge < -0.3 is 10.4 Å². The van der Waals surface area contributed by atoms with E-state index in [-0.39, 0.29) is 6.42 Å². The van der Waals surface area contributed by atoms with Crippen molar-refractivity contribution < 1.29 is 16.1 Å². The van der Waals surface area contributed by atoms with Gasteiger partial charge in [0.05, 0.1) is 6.40 Å². The third kappa shape index (κ3) is 4.76. The van der Waals surface area contributed by atoms with E-state index >= 15 is 0 Å². The van der Waals surface area contributed by atoms with Crippen molar-refractivity contribution in [2.24, 2.45) is 0 Å². The predicted molar refractivity (Wildman–Crippen MR) is 79.9 cm³/mol. The van der Waals surface area contributed by atoms with E-state index in [1.807, 2.05) is 18.2 Å². The number of carbonyl (C=O) groups is 2. The third-order valence-corrected chi connectivity index (χ3v) is 2.99. The average molecular weight is 284 g/mol. The van der Waals surface area contributed by atoms with Crippen molar-refractivity contribution in [3.63, 3.8) is 0 Å². The van der Waals surface area contributed by atoms with Gasteiger partial charge in [-0.2, -0.15) is 0 Å². The lowest BCUT2D eigenvalue weighted by atomic mass is 10.1. The van der Waals surface area contributed by atoms with Crippen LogP contribution in [0.15, 0.2) is 60.7 Å². The topological polar surface area (TPSA) is 66.4 Å². The first kappa shape index (κ1) is 13.4. The average Bonchev–Trinajstić information content (AvgIpc) is 2.55. The van der Waals surface area contributed by atoms with Crippen LogP contribution in [0.4, 0.5) is 0 Å². The standard InChI is InChI=1S/C17H17NO3/c19-16(12-14-9-5-2-6-10-14)18-15(17(20)21)11-13-7-3-1-4-8-13/h1-10,15H,11-12H2,(H,18,19)(H,20,21)/t15-/m0/s1/i12D/t12?,15-. The Bertz CT molecular complexity index is 631. The molecular weight excluding hydrogens is 266 g/mol. The lowest BCUT2D eigenvalue weighted by molar-refractivity contribution is -0.141. The highest BCUT2D eigenvalue weighted by Gasteiger charge is 2.20. The summed E-state index contributed by atoms with van der Waals surface area (Å²) in [6, 6.07) is 16.6. The molecule has 0 aliphatic heterocycles. The van der Waals surface area contributed by atoms with Crippen LogP contribution in [0.5, 0.6) is 0 Å². The Morgan fingerprint density at radius 2 is 1.52 bits per heavy atom. The molecule has 21 heavy (non-hydrogen) atoms. The Morgan fingerprint density at radius 1 is 1.00 bits per heavy atom. The van der Waals surface area contributed by atoms with Gasteiger partial charge in [-0.15, -0.1) is 0 Å². The lowest BCUT2D eigenvalue weighted by Gasteiger charge is -2.14. The molecule has 0 aliphatic carbocycles. The van der Waals surface area contributed by atoms with Gasteiger partial charge in [0.1, 0.15) is 6.04 Å². The highest BCUT2D eigenvalue weighted by Crippen LogP contribution is 2.05. The first-order valence-electron chi connectivity index (χ1n) is 7.20. The number of amides is 1. The van der Waals surface area contributed by atoms with Crippen molar-refractivity contribution in [2.75, 3.05) is 0 Å². The van der Waals surface area contributed by atoms with Gasteiger partial charge in [0, 0.05) is 7.79 Å². The van der Waals surface area contributed by atoms with Crippen LogP contribution in [0.2, 0.25) is 0 Å². The minimum Gasteiger partial charge on any atom is -0.480 e. The Kier molecular flexibility index (Phi) is 4.61. The minimum absolute atomic E-state index is 0.184. The molecular formula is C17H17NO3. The fraction of sp³-hybridized carbons (Fsp3) is 0.176. The summed E-state index contributed by atoms with van der Waals surface area (Å²) >= 11 is 0. The van der Waals surface area contributed by atoms with Gasteiger partial charge in [-0.3, -0.25) is 4.79 Å². The predicted octanol–water partition coefficient (Wildman–Crippen LogP) is 2.04. The Morgan fingerprint density at radius 3 is 2.05 bits per heavy atom. The maximum absolute atomic E-state index is 12.1. The van der Waals surface area contributed by atoms with Crippen LogP contribution >= 0.6 is 0 Å². The van der Waals surface area contributed by atoms with E-state index in [9.17, 15) is 14.7 Å². The van der Waals surface area contributed by atoms with Gasteiger partial charge in [-0.05, 0) is 11.1 Å². The highest BCUT2D eigenvalue weighted by molar-refractivity contribution is 5.85. The molecule has 2 aromatic carbocycles. The maximum atomic E-state index is 12.1. The largest absolute Gasteiger partial charge is 0.480 e. The van der Waals surface area contributed by atoms with E-state index in [1.165, 1.54) is 0 Å². The summed E-state index contributed by atoms with van der Waals surface area (Å²) in [6.07, 6.45) is -0.956. The number of carboxylic acids is 1. The molecule has 4 nitrogen and oxygen atoms in total. The summed E-state index contributed by atoms with van der Waals surface area (Å²) in [5.74, 6) is -1.73. The Hall–Kier alpha value is -2.62. The summed E-state index contributed by atoms with van der Waals surface area (Å²) in [7, 11) is 0. The second-order valence-electron chi connectivity index (χ2n) is 4.64. The SMILES string of the molecule is [2H]C(C(=O)N[C@@H](Cc1ccccc1)C(=O)O)c1ccccc1. The van der Waals surface area contributed by atoms with Crippen molar-refractivity contribution in [2.45, 2.75) is 18.9 Å². The van der Waals surface area contributed by atoms with Crippen molar-refractivity contribution in [1.29, 1.82) is 0 Å². The molecule has 2 atom stereocenters. The fourth-order valence-electron chi connectivity index (χ4n) is 1.96.